The lowest BCUT2D eigenvalue weighted by Gasteiger charge is -2.14. The highest BCUT2D eigenvalue weighted by molar-refractivity contribution is 7.92. The molecular formula is C23H18N4O4S. The van der Waals surface area contributed by atoms with E-state index in [0.29, 0.717) is 22.3 Å². The van der Waals surface area contributed by atoms with Gasteiger partial charge in [-0.25, -0.2) is 23.2 Å². The summed E-state index contributed by atoms with van der Waals surface area (Å²) in [6, 6.07) is 18.9. The quantitative estimate of drug-likeness (QED) is 0.443. The van der Waals surface area contributed by atoms with Crippen LogP contribution in [0.15, 0.2) is 71.6 Å². The average molecular weight is 446 g/mol. The molecule has 1 aromatic heterocycles. The van der Waals surface area contributed by atoms with E-state index in [0.717, 1.165) is 11.1 Å². The first-order valence-corrected chi connectivity index (χ1v) is 11.3. The summed E-state index contributed by atoms with van der Waals surface area (Å²) in [5.74, 6) is -0.0493. The van der Waals surface area contributed by atoms with Crippen LogP contribution in [0.2, 0.25) is 0 Å². The molecule has 0 spiro atoms. The molecule has 0 radical (unpaired) electrons. The van der Waals surface area contributed by atoms with Gasteiger partial charge in [0.25, 0.3) is 10.0 Å². The van der Waals surface area contributed by atoms with Crippen LogP contribution in [0.4, 0.5) is 17.3 Å². The van der Waals surface area contributed by atoms with Crippen molar-refractivity contribution in [1.29, 1.82) is 0 Å². The maximum Gasteiger partial charge on any atom is 0.338 e. The molecule has 160 valence electrons. The van der Waals surface area contributed by atoms with Crippen LogP contribution in [0.5, 0.6) is 0 Å². The Morgan fingerprint density at radius 2 is 1.66 bits per heavy atom. The van der Waals surface area contributed by atoms with E-state index in [-0.39, 0.29) is 29.1 Å². The lowest BCUT2D eigenvalue weighted by Crippen LogP contribution is -2.16. The molecule has 5 rings (SSSR count). The van der Waals surface area contributed by atoms with Gasteiger partial charge < -0.3 is 10.1 Å². The second kappa shape index (κ2) is 7.61. The summed E-state index contributed by atoms with van der Waals surface area (Å²) >= 11 is 0. The lowest BCUT2D eigenvalue weighted by molar-refractivity contribution is 0.0535. The summed E-state index contributed by atoms with van der Waals surface area (Å²) in [6.07, 6.45) is 0. The van der Waals surface area contributed by atoms with Crippen LogP contribution < -0.4 is 10.0 Å². The van der Waals surface area contributed by atoms with E-state index in [1.807, 2.05) is 19.1 Å². The van der Waals surface area contributed by atoms with Gasteiger partial charge in [-0.3, -0.25) is 4.72 Å². The molecular weight excluding hydrogens is 428 g/mol. The molecule has 1 aliphatic rings. The van der Waals surface area contributed by atoms with Gasteiger partial charge in [-0.05, 0) is 55.0 Å². The van der Waals surface area contributed by atoms with Crippen molar-refractivity contribution in [3.05, 3.63) is 83.4 Å². The number of fused-ring (bicyclic) bond motifs is 2. The Labute approximate surface area is 184 Å². The minimum absolute atomic E-state index is 0.0676. The van der Waals surface area contributed by atoms with Crippen molar-refractivity contribution in [3.8, 4) is 0 Å². The number of aromatic nitrogens is 2. The van der Waals surface area contributed by atoms with Crippen LogP contribution in [0.1, 0.15) is 21.5 Å². The van der Waals surface area contributed by atoms with Gasteiger partial charge in [0.05, 0.1) is 21.5 Å². The van der Waals surface area contributed by atoms with Crippen molar-refractivity contribution in [3.63, 3.8) is 0 Å². The number of carbonyl (C=O) groups excluding carboxylic acids is 1. The fourth-order valence-electron chi connectivity index (χ4n) is 3.47. The van der Waals surface area contributed by atoms with Crippen molar-refractivity contribution in [2.24, 2.45) is 0 Å². The van der Waals surface area contributed by atoms with Crippen molar-refractivity contribution >= 4 is 44.3 Å². The van der Waals surface area contributed by atoms with E-state index in [4.69, 9.17) is 4.74 Å². The number of nitrogens with one attached hydrogen (secondary N) is 2. The molecule has 0 amide bonds. The first-order chi connectivity index (χ1) is 15.4. The number of anilines is 3. The van der Waals surface area contributed by atoms with Crippen LogP contribution in [-0.4, -0.2) is 24.4 Å². The third kappa shape index (κ3) is 3.74. The number of ether oxygens (including phenoxy) is 1. The van der Waals surface area contributed by atoms with E-state index < -0.39 is 10.0 Å². The number of cyclic esters (lactones) is 1. The molecule has 2 N–H and O–H groups in total. The molecule has 0 atom stereocenters. The SMILES string of the molecule is Cc1cccc(S(=O)(=O)Nc2nc3ccccc3nc2Nc2ccc3c(c2)COC3=O)c1. The molecule has 0 fully saturated rings. The van der Waals surface area contributed by atoms with Gasteiger partial charge in [0.15, 0.2) is 11.6 Å². The second-order valence-corrected chi connectivity index (χ2v) is 9.09. The summed E-state index contributed by atoms with van der Waals surface area (Å²) in [4.78, 5) is 20.9. The Morgan fingerprint density at radius 1 is 0.906 bits per heavy atom. The highest BCUT2D eigenvalue weighted by atomic mass is 32.2. The van der Waals surface area contributed by atoms with Crippen LogP contribution in [0.25, 0.3) is 11.0 Å². The molecule has 3 aromatic carbocycles. The first-order valence-electron chi connectivity index (χ1n) is 9.82. The van der Waals surface area contributed by atoms with Crippen LogP contribution in [0.3, 0.4) is 0 Å². The molecule has 32 heavy (non-hydrogen) atoms. The van der Waals surface area contributed by atoms with Gasteiger partial charge in [0.2, 0.25) is 0 Å². The van der Waals surface area contributed by atoms with Crippen molar-refractivity contribution in [2.75, 3.05) is 10.0 Å². The lowest BCUT2D eigenvalue weighted by atomic mass is 10.1. The maximum atomic E-state index is 13.0. The maximum absolute atomic E-state index is 13.0. The zero-order valence-electron chi connectivity index (χ0n) is 17.0. The molecule has 4 aromatic rings. The van der Waals surface area contributed by atoms with Crippen LogP contribution in [-0.2, 0) is 21.4 Å². The molecule has 0 saturated heterocycles. The zero-order valence-corrected chi connectivity index (χ0v) is 17.8. The predicted octanol–water partition coefficient (Wildman–Crippen LogP) is 4.15. The van der Waals surface area contributed by atoms with E-state index in [1.54, 1.807) is 48.5 Å². The first kappa shape index (κ1) is 20.0. The highest BCUT2D eigenvalue weighted by Gasteiger charge is 2.22. The highest BCUT2D eigenvalue weighted by Crippen LogP contribution is 2.29. The molecule has 0 bridgehead atoms. The van der Waals surface area contributed by atoms with Crippen molar-refractivity contribution in [1.82, 2.24) is 9.97 Å². The van der Waals surface area contributed by atoms with Crippen molar-refractivity contribution < 1.29 is 17.9 Å². The molecule has 2 heterocycles. The van der Waals surface area contributed by atoms with E-state index >= 15 is 0 Å². The number of nitrogens with zero attached hydrogens (tertiary/aromatic N) is 2. The van der Waals surface area contributed by atoms with Crippen LogP contribution in [0, 0.1) is 6.92 Å². The summed E-state index contributed by atoms with van der Waals surface area (Å²) < 4.78 is 33.7. The smallest absolute Gasteiger partial charge is 0.338 e. The number of para-hydroxylation sites is 2. The number of esters is 1. The molecule has 9 heteroatoms. The second-order valence-electron chi connectivity index (χ2n) is 7.40. The van der Waals surface area contributed by atoms with Gasteiger partial charge in [0, 0.05) is 11.3 Å². The number of sulfonamides is 1. The minimum atomic E-state index is -3.89. The largest absolute Gasteiger partial charge is 0.457 e. The third-order valence-corrected chi connectivity index (χ3v) is 6.38. The van der Waals surface area contributed by atoms with E-state index in [1.165, 1.54) is 6.07 Å². The average Bonchev–Trinajstić information content (AvgIpc) is 3.14. The topological polar surface area (TPSA) is 110 Å². The summed E-state index contributed by atoms with van der Waals surface area (Å²) in [7, 11) is -3.89. The molecule has 0 saturated carbocycles. The summed E-state index contributed by atoms with van der Waals surface area (Å²) in [5.41, 5.74) is 3.87. The fourth-order valence-corrected chi connectivity index (χ4v) is 4.59. The van der Waals surface area contributed by atoms with Gasteiger partial charge in [-0.2, -0.15) is 0 Å². The molecule has 1 aliphatic heterocycles. The van der Waals surface area contributed by atoms with Gasteiger partial charge in [0.1, 0.15) is 6.61 Å². The Morgan fingerprint density at radius 3 is 2.41 bits per heavy atom. The summed E-state index contributed by atoms with van der Waals surface area (Å²) in [5, 5.41) is 3.13. The number of benzene rings is 3. The number of rotatable bonds is 5. The summed E-state index contributed by atoms with van der Waals surface area (Å²) in [6.45, 7) is 2.02. The fraction of sp³-hybridized carbons (Fsp3) is 0.0870. The number of hydrogen-bond acceptors (Lipinski definition) is 7. The van der Waals surface area contributed by atoms with Gasteiger partial charge >= 0.3 is 5.97 Å². The Hall–Kier alpha value is -3.98. The minimum Gasteiger partial charge on any atom is -0.457 e. The van der Waals surface area contributed by atoms with Crippen LogP contribution >= 0.6 is 0 Å². The molecule has 0 aliphatic carbocycles. The van der Waals surface area contributed by atoms with Gasteiger partial charge in [-0.15, -0.1) is 0 Å². The Kier molecular flexibility index (Phi) is 4.75. The standard InChI is InChI=1S/C23H18N4O4S/c1-14-5-4-6-17(11-14)32(29,30)27-22-21(25-19-7-2-3-8-20(19)26-22)24-16-9-10-18-15(12-16)13-31-23(18)28/h2-12H,13H2,1H3,(H,24,25)(H,26,27). The Bertz CT molecular complexity index is 1480. The monoisotopic (exact) mass is 446 g/mol. The Balaban J connectivity index is 1.56. The van der Waals surface area contributed by atoms with Crippen molar-refractivity contribution in [2.45, 2.75) is 18.4 Å². The predicted molar refractivity (Wildman–Crippen MR) is 120 cm³/mol. The number of carbonyl (C=O) groups is 1. The zero-order chi connectivity index (χ0) is 22.3. The third-order valence-electron chi connectivity index (χ3n) is 5.05. The normalized spacial score (nSPS) is 13.0. The molecule has 8 nitrogen and oxygen atoms in total. The number of hydrogen-bond donors (Lipinski definition) is 2. The van der Waals surface area contributed by atoms with E-state index in [9.17, 15) is 13.2 Å². The van der Waals surface area contributed by atoms with E-state index in [2.05, 4.69) is 20.0 Å². The molecule has 0 unspecified atom stereocenters. The number of aryl methyl sites for hydroxylation is 1. The van der Waals surface area contributed by atoms with Gasteiger partial charge in [-0.1, -0.05) is 24.3 Å².